The van der Waals surface area contributed by atoms with Crippen LogP contribution in [-0.2, 0) is 17.8 Å². The number of phenolic OH excluding ortho intramolecular Hbond substituents is 1. The van der Waals surface area contributed by atoms with Crippen molar-refractivity contribution >= 4 is 6.09 Å². The number of hydrogen-bond donors (Lipinski definition) is 1. The van der Waals surface area contributed by atoms with Gasteiger partial charge in [-0.15, -0.1) is 0 Å². The molecule has 0 saturated heterocycles. The largest absolute Gasteiger partial charge is 0.508 e. The van der Waals surface area contributed by atoms with E-state index in [0.717, 1.165) is 11.1 Å². The van der Waals surface area contributed by atoms with Crippen LogP contribution in [0.15, 0.2) is 60.7 Å². The number of aromatic hydroxyl groups is 1. The molecule has 3 aromatic carbocycles. The molecule has 1 heterocycles. The van der Waals surface area contributed by atoms with Gasteiger partial charge in [0, 0.05) is 12.1 Å². The van der Waals surface area contributed by atoms with E-state index in [2.05, 4.69) is 0 Å². The first-order chi connectivity index (χ1) is 15.5. The topological polar surface area (TPSA) is 68.2 Å². The van der Waals surface area contributed by atoms with Crippen LogP contribution in [0.5, 0.6) is 17.2 Å². The summed E-state index contributed by atoms with van der Waals surface area (Å²) in [6, 6.07) is 15.9. The smallest absolute Gasteiger partial charge is 0.410 e. The predicted molar refractivity (Wildman–Crippen MR) is 116 cm³/mol. The summed E-state index contributed by atoms with van der Waals surface area (Å²) < 4.78 is 30.6. The van der Waals surface area contributed by atoms with Crippen LogP contribution in [0.3, 0.4) is 0 Å². The molecule has 4 rings (SSSR count). The van der Waals surface area contributed by atoms with Crippen molar-refractivity contribution in [3.05, 3.63) is 88.7 Å². The third-order valence-electron chi connectivity index (χ3n) is 5.60. The standard InChI is InChI=1S/C25H24FNO5/c1-30-22-12-17-10-11-27(25(29)32-15-16-6-4-3-5-7-16)24(19(17)14-23(22)31-2)20-13-18(26)8-9-21(20)28/h3-9,12-14,24,28H,10-11,15H2,1-2H3. The summed E-state index contributed by atoms with van der Waals surface area (Å²) in [7, 11) is 3.07. The fourth-order valence-corrected chi connectivity index (χ4v) is 4.02. The fourth-order valence-electron chi connectivity index (χ4n) is 4.02. The molecule has 0 saturated carbocycles. The number of carbonyl (C=O) groups excluding carboxylic acids is 1. The van der Waals surface area contributed by atoms with E-state index in [-0.39, 0.29) is 17.9 Å². The van der Waals surface area contributed by atoms with Gasteiger partial charge in [-0.25, -0.2) is 9.18 Å². The molecule has 1 aliphatic heterocycles. The van der Waals surface area contributed by atoms with E-state index in [9.17, 15) is 14.3 Å². The molecular weight excluding hydrogens is 413 g/mol. The van der Waals surface area contributed by atoms with Crippen molar-refractivity contribution in [1.82, 2.24) is 4.90 Å². The van der Waals surface area contributed by atoms with Crippen molar-refractivity contribution in [3.63, 3.8) is 0 Å². The van der Waals surface area contributed by atoms with Crippen LogP contribution in [0.1, 0.15) is 28.3 Å². The number of ether oxygens (including phenoxy) is 3. The first-order valence-corrected chi connectivity index (χ1v) is 10.2. The van der Waals surface area contributed by atoms with Crippen LogP contribution < -0.4 is 9.47 Å². The number of halogens is 1. The molecule has 1 aliphatic rings. The molecule has 1 amide bonds. The minimum atomic E-state index is -0.752. The Labute approximate surface area is 185 Å². The molecule has 1 unspecified atom stereocenters. The Kier molecular flexibility index (Phi) is 6.16. The second kappa shape index (κ2) is 9.18. The molecular formula is C25H24FNO5. The maximum atomic E-state index is 14.1. The number of carbonyl (C=O) groups is 1. The molecule has 0 fully saturated rings. The average molecular weight is 437 g/mol. The van der Waals surface area contributed by atoms with Gasteiger partial charge in [0.15, 0.2) is 11.5 Å². The van der Waals surface area contributed by atoms with Gasteiger partial charge >= 0.3 is 6.09 Å². The highest BCUT2D eigenvalue weighted by Crippen LogP contribution is 2.43. The van der Waals surface area contributed by atoms with Crippen molar-refractivity contribution in [1.29, 1.82) is 0 Å². The van der Waals surface area contributed by atoms with Crippen LogP contribution in [0, 0.1) is 5.82 Å². The zero-order valence-corrected chi connectivity index (χ0v) is 17.9. The number of hydrogen-bond acceptors (Lipinski definition) is 5. The lowest BCUT2D eigenvalue weighted by Crippen LogP contribution is -2.41. The van der Waals surface area contributed by atoms with E-state index < -0.39 is 18.0 Å². The van der Waals surface area contributed by atoms with Crippen LogP contribution in [0.4, 0.5) is 9.18 Å². The Morgan fingerprint density at radius 1 is 1.03 bits per heavy atom. The van der Waals surface area contributed by atoms with Crippen molar-refractivity contribution < 1.29 is 28.5 Å². The Morgan fingerprint density at radius 3 is 2.47 bits per heavy atom. The summed E-state index contributed by atoms with van der Waals surface area (Å²) in [5.41, 5.74) is 2.76. The van der Waals surface area contributed by atoms with E-state index in [1.54, 1.807) is 13.2 Å². The first-order valence-electron chi connectivity index (χ1n) is 10.2. The fraction of sp³-hybridized carbons (Fsp3) is 0.240. The van der Waals surface area contributed by atoms with Gasteiger partial charge in [-0.1, -0.05) is 30.3 Å². The maximum Gasteiger partial charge on any atom is 0.410 e. The first kappa shape index (κ1) is 21.5. The van der Waals surface area contributed by atoms with Crippen LogP contribution in [0.25, 0.3) is 0 Å². The van der Waals surface area contributed by atoms with Crippen molar-refractivity contribution in [2.45, 2.75) is 19.1 Å². The molecule has 7 heteroatoms. The summed E-state index contributed by atoms with van der Waals surface area (Å²) in [6.07, 6.45) is -0.00848. The number of fused-ring (bicyclic) bond motifs is 1. The number of phenols is 1. The molecule has 32 heavy (non-hydrogen) atoms. The Bertz CT molecular complexity index is 1120. The van der Waals surface area contributed by atoms with Gasteiger partial charge in [0.05, 0.1) is 20.3 Å². The second-order valence-corrected chi connectivity index (χ2v) is 7.50. The Morgan fingerprint density at radius 2 is 1.75 bits per heavy atom. The molecule has 3 aromatic rings. The van der Waals surface area contributed by atoms with E-state index in [4.69, 9.17) is 14.2 Å². The second-order valence-electron chi connectivity index (χ2n) is 7.50. The van der Waals surface area contributed by atoms with Gasteiger partial charge in [-0.2, -0.15) is 0 Å². The number of amides is 1. The van der Waals surface area contributed by atoms with E-state index >= 15 is 0 Å². The summed E-state index contributed by atoms with van der Waals surface area (Å²) in [5.74, 6) is 0.420. The average Bonchev–Trinajstić information content (AvgIpc) is 2.83. The number of rotatable bonds is 5. The van der Waals surface area contributed by atoms with E-state index in [1.807, 2.05) is 36.4 Å². The molecule has 0 radical (unpaired) electrons. The zero-order chi connectivity index (χ0) is 22.7. The van der Waals surface area contributed by atoms with Crippen molar-refractivity contribution in [2.75, 3.05) is 20.8 Å². The van der Waals surface area contributed by atoms with Crippen LogP contribution in [-0.4, -0.2) is 36.9 Å². The van der Waals surface area contributed by atoms with E-state index in [0.29, 0.717) is 30.0 Å². The van der Waals surface area contributed by atoms with Gasteiger partial charge < -0.3 is 19.3 Å². The normalized spacial score (nSPS) is 15.1. The molecule has 1 N–H and O–H groups in total. The zero-order valence-electron chi connectivity index (χ0n) is 17.9. The van der Waals surface area contributed by atoms with Gasteiger partial charge in [0.1, 0.15) is 18.2 Å². The quantitative estimate of drug-likeness (QED) is 0.619. The Hall–Kier alpha value is -3.74. The monoisotopic (exact) mass is 437 g/mol. The highest BCUT2D eigenvalue weighted by atomic mass is 19.1. The summed E-state index contributed by atoms with van der Waals surface area (Å²) in [5, 5.41) is 10.5. The molecule has 6 nitrogen and oxygen atoms in total. The predicted octanol–water partition coefficient (Wildman–Crippen LogP) is 4.83. The molecule has 166 valence electrons. The van der Waals surface area contributed by atoms with Gasteiger partial charge in [-0.3, -0.25) is 4.90 Å². The third kappa shape index (κ3) is 4.19. The van der Waals surface area contributed by atoms with E-state index in [1.165, 1.54) is 30.2 Å². The molecule has 1 atom stereocenters. The molecule has 0 aromatic heterocycles. The minimum Gasteiger partial charge on any atom is -0.508 e. The highest BCUT2D eigenvalue weighted by molar-refractivity contribution is 5.71. The highest BCUT2D eigenvalue weighted by Gasteiger charge is 2.36. The van der Waals surface area contributed by atoms with Gasteiger partial charge in [0.25, 0.3) is 0 Å². The maximum absolute atomic E-state index is 14.1. The lowest BCUT2D eigenvalue weighted by Gasteiger charge is -2.37. The van der Waals surface area contributed by atoms with Crippen molar-refractivity contribution in [2.24, 2.45) is 0 Å². The summed E-state index contributed by atoms with van der Waals surface area (Å²) in [6.45, 7) is 0.438. The third-order valence-corrected chi connectivity index (χ3v) is 5.60. The Balaban J connectivity index is 1.75. The summed E-state index contributed by atoms with van der Waals surface area (Å²) >= 11 is 0. The number of methoxy groups -OCH3 is 2. The van der Waals surface area contributed by atoms with Crippen LogP contribution >= 0.6 is 0 Å². The lowest BCUT2D eigenvalue weighted by atomic mass is 9.87. The lowest BCUT2D eigenvalue weighted by molar-refractivity contribution is 0.0832. The minimum absolute atomic E-state index is 0.108. The molecule has 0 bridgehead atoms. The summed E-state index contributed by atoms with van der Waals surface area (Å²) in [4.78, 5) is 14.6. The van der Waals surface area contributed by atoms with Crippen LogP contribution in [0.2, 0.25) is 0 Å². The SMILES string of the molecule is COc1cc2c(cc1OC)C(c1cc(F)ccc1O)N(C(=O)OCc1ccccc1)CC2. The van der Waals surface area contributed by atoms with Gasteiger partial charge in [-0.05, 0) is 53.4 Å². The molecule has 0 aliphatic carbocycles. The van der Waals surface area contributed by atoms with Crippen molar-refractivity contribution in [3.8, 4) is 17.2 Å². The van der Waals surface area contributed by atoms with Gasteiger partial charge in [0.2, 0.25) is 0 Å². The number of benzene rings is 3. The molecule has 0 spiro atoms. The number of nitrogens with zero attached hydrogens (tertiary/aromatic N) is 1.